The van der Waals surface area contributed by atoms with Gasteiger partial charge in [-0.3, -0.25) is 14.5 Å². The Morgan fingerprint density at radius 1 is 1.13 bits per heavy atom. The Kier molecular flexibility index (Phi) is 5.41. The number of aliphatic carboxylic acids is 1. The van der Waals surface area contributed by atoms with Crippen molar-refractivity contribution in [3.63, 3.8) is 0 Å². The van der Waals surface area contributed by atoms with E-state index in [1.165, 1.54) is 12.1 Å². The molecule has 0 radical (unpaired) electrons. The second-order valence-corrected chi connectivity index (χ2v) is 5.62. The molecule has 0 aromatic heterocycles. The number of carbonyl (C=O) groups is 2. The van der Waals surface area contributed by atoms with Gasteiger partial charge in [-0.05, 0) is 32.0 Å². The minimum absolute atomic E-state index is 0.461. The van der Waals surface area contributed by atoms with E-state index in [0.29, 0.717) is 13.1 Å². The number of ketones is 1. The second kappa shape index (κ2) is 7.12. The van der Waals surface area contributed by atoms with Crippen LogP contribution in [0.15, 0.2) is 24.3 Å². The fraction of sp³-hybridized carbons (Fsp3) is 0.500. The Morgan fingerprint density at radius 2 is 1.74 bits per heavy atom. The van der Waals surface area contributed by atoms with Gasteiger partial charge in [0.2, 0.25) is 0 Å². The van der Waals surface area contributed by atoms with Gasteiger partial charge in [0.25, 0.3) is 0 Å². The third-order valence-electron chi connectivity index (χ3n) is 4.00. The average Bonchev–Trinajstić information content (AvgIpc) is 2.52. The summed E-state index contributed by atoms with van der Waals surface area (Å²) < 4.78 is 39.3. The molecule has 0 spiro atoms. The van der Waals surface area contributed by atoms with Crippen molar-refractivity contribution < 1.29 is 27.9 Å². The Hall–Kier alpha value is -1.89. The molecule has 126 valence electrons. The minimum atomic E-state index is -4.65. The average molecular weight is 329 g/mol. The molecule has 1 aromatic rings. The third kappa shape index (κ3) is 4.31. The number of rotatable bonds is 5. The number of nitrogens with zero attached hydrogens (tertiary/aromatic N) is 1. The number of hydrogen-bond donors (Lipinski definition) is 1. The maximum absolute atomic E-state index is 13.1. The Bertz CT molecular complexity index is 580. The minimum Gasteiger partial charge on any atom is -0.481 e. The van der Waals surface area contributed by atoms with Crippen molar-refractivity contribution in [3.8, 4) is 0 Å². The first-order valence-corrected chi connectivity index (χ1v) is 7.47. The van der Waals surface area contributed by atoms with E-state index >= 15 is 0 Å². The van der Waals surface area contributed by atoms with Crippen LogP contribution in [0, 0.1) is 0 Å². The summed E-state index contributed by atoms with van der Waals surface area (Å²) in [6.07, 6.45) is -2.55. The monoisotopic (exact) mass is 329 g/mol. The topological polar surface area (TPSA) is 57.6 Å². The fourth-order valence-electron chi connectivity index (χ4n) is 2.91. The third-order valence-corrected chi connectivity index (χ3v) is 4.00. The zero-order chi connectivity index (χ0) is 17.0. The molecule has 0 aliphatic carbocycles. The van der Waals surface area contributed by atoms with Crippen LogP contribution in [0.4, 0.5) is 13.2 Å². The van der Waals surface area contributed by atoms with Crippen LogP contribution < -0.4 is 0 Å². The lowest BCUT2D eigenvalue weighted by Gasteiger charge is -2.33. The standard InChI is InChI=1S/C16H18F3NO3/c17-16(18,19)12-7-3-2-6-11(12)15(23)13(10-14(21)22)20-8-4-1-5-9-20/h2-3,6-7,13H,1,4-5,8-10H2,(H,21,22). The molecule has 2 rings (SSSR count). The number of likely N-dealkylation sites (tertiary alicyclic amines) is 1. The largest absolute Gasteiger partial charge is 0.481 e. The molecule has 1 fully saturated rings. The van der Waals surface area contributed by atoms with E-state index in [9.17, 15) is 22.8 Å². The first kappa shape index (κ1) is 17.5. The smallest absolute Gasteiger partial charge is 0.417 e. The fourth-order valence-corrected chi connectivity index (χ4v) is 2.91. The van der Waals surface area contributed by atoms with Crippen LogP contribution in [0.5, 0.6) is 0 Å². The molecule has 0 bridgehead atoms. The quantitative estimate of drug-likeness (QED) is 0.843. The summed E-state index contributed by atoms with van der Waals surface area (Å²) in [6, 6.07) is 3.48. The molecule has 1 heterocycles. The number of piperidine rings is 1. The van der Waals surface area contributed by atoms with Gasteiger partial charge < -0.3 is 5.11 Å². The molecule has 1 unspecified atom stereocenters. The van der Waals surface area contributed by atoms with Crippen LogP contribution in [0.1, 0.15) is 41.6 Å². The predicted octanol–water partition coefficient (Wildman–Crippen LogP) is 3.22. The molecule has 1 aliphatic rings. The highest BCUT2D eigenvalue weighted by atomic mass is 19.4. The summed E-state index contributed by atoms with van der Waals surface area (Å²) >= 11 is 0. The molecule has 1 aromatic carbocycles. The van der Waals surface area contributed by atoms with Crippen LogP contribution in [-0.4, -0.2) is 40.9 Å². The molecule has 23 heavy (non-hydrogen) atoms. The number of alkyl halides is 3. The molecule has 1 saturated heterocycles. The van der Waals surface area contributed by atoms with Crippen molar-refractivity contribution in [1.29, 1.82) is 0 Å². The van der Waals surface area contributed by atoms with Gasteiger partial charge in [0.05, 0.1) is 18.0 Å². The molecule has 1 N–H and O–H groups in total. The molecular formula is C16H18F3NO3. The Morgan fingerprint density at radius 3 is 2.30 bits per heavy atom. The van der Waals surface area contributed by atoms with E-state index in [1.807, 2.05) is 0 Å². The van der Waals surface area contributed by atoms with Crippen molar-refractivity contribution in [2.45, 2.75) is 37.9 Å². The maximum Gasteiger partial charge on any atom is 0.417 e. The van der Waals surface area contributed by atoms with E-state index in [4.69, 9.17) is 5.11 Å². The zero-order valence-corrected chi connectivity index (χ0v) is 12.5. The maximum atomic E-state index is 13.1. The highest BCUT2D eigenvalue weighted by molar-refractivity contribution is 6.03. The number of carboxylic acid groups (broad SMARTS) is 1. The molecule has 4 nitrogen and oxygen atoms in total. The lowest BCUT2D eigenvalue weighted by molar-refractivity contribution is -0.138. The van der Waals surface area contributed by atoms with Gasteiger partial charge >= 0.3 is 12.1 Å². The van der Waals surface area contributed by atoms with Crippen LogP contribution in [0.2, 0.25) is 0 Å². The predicted molar refractivity (Wildman–Crippen MR) is 77.2 cm³/mol. The highest BCUT2D eigenvalue weighted by Gasteiger charge is 2.38. The second-order valence-electron chi connectivity index (χ2n) is 5.62. The molecule has 0 amide bonds. The van der Waals surface area contributed by atoms with Gasteiger partial charge in [0.1, 0.15) is 0 Å². The molecule has 1 aliphatic heterocycles. The normalized spacial score (nSPS) is 17.7. The SMILES string of the molecule is O=C(O)CC(C(=O)c1ccccc1C(F)(F)F)N1CCCCC1. The number of carbonyl (C=O) groups excluding carboxylic acids is 1. The number of hydrogen-bond acceptors (Lipinski definition) is 3. The van der Waals surface area contributed by atoms with Crippen LogP contribution >= 0.6 is 0 Å². The summed E-state index contributed by atoms with van der Waals surface area (Å²) in [5.41, 5.74) is -1.48. The van der Waals surface area contributed by atoms with Crippen molar-refractivity contribution in [1.82, 2.24) is 4.90 Å². The number of Topliss-reactive ketones (excluding diaryl/α,β-unsaturated/α-hetero) is 1. The zero-order valence-electron chi connectivity index (χ0n) is 12.5. The van der Waals surface area contributed by atoms with Gasteiger partial charge in [-0.1, -0.05) is 24.6 Å². The summed E-state index contributed by atoms with van der Waals surface area (Å²) in [6.45, 7) is 1.05. The van der Waals surface area contributed by atoms with Gasteiger partial charge in [0, 0.05) is 5.56 Å². The van der Waals surface area contributed by atoms with Crippen LogP contribution in [0.25, 0.3) is 0 Å². The Balaban J connectivity index is 2.35. The lowest BCUT2D eigenvalue weighted by atomic mass is 9.94. The van der Waals surface area contributed by atoms with Crippen LogP contribution in [-0.2, 0) is 11.0 Å². The van der Waals surface area contributed by atoms with Gasteiger partial charge in [-0.2, -0.15) is 13.2 Å². The van der Waals surface area contributed by atoms with E-state index in [-0.39, 0.29) is 0 Å². The van der Waals surface area contributed by atoms with Crippen molar-refractivity contribution in [2.75, 3.05) is 13.1 Å². The molecular weight excluding hydrogens is 311 g/mol. The van der Waals surface area contributed by atoms with E-state index in [0.717, 1.165) is 31.4 Å². The summed E-state index contributed by atoms with van der Waals surface area (Å²) in [7, 11) is 0. The van der Waals surface area contributed by atoms with E-state index in [1.54, 1.807) is 4.90 Å². The van der Waals surface area contributed by atoms with Crippen LogP contribution in [0.3, 0.4) is 0 Å². The van der Waals surface area contributed by atoms with Crippen molar-refractivity contribution in [3.05, 3.63) is 35.4 Å². The summed E-state index contributed by atoms with van der Waals surface area (Å²) in [5, 5.41) is 9.04. The molecule has 1 atom stereocenters. The van der Waals surface area contributed by atoms with E-state index < -0.39 is 41.5 Å². The van der Waals surface area contributed by atoms with E-state index in [2.05, 4.69) is 0 Å². The molecule has 0 saturated carbocycles. The van der Waals surface area contributed by atoms with Gasteiger partial charge in [-0.25, -0.2) is 0 Å². The summed E-state index contributed by atoms with van der Waals surface area (Å²) in [5.74, 6) is -1.97. The van der Waals surface area contributed by atoms with Crippen molar-refractivity contribution in [2.24, 2.45) is 0 Å². The molecule has 7 heteroatoms. The van der Waals surface area contributed by atoms with Crippen molar-refractivity contribution >= 4 is 11.8 Å². The Labute approximate surface area is 131 Å². The lowest BCUT2D eigenvalue weighted by Crippen LogP contribution is -2.45. The van der Waals surface area contributed by atoms with Gasteiger partial charge in [-0.15, -0.1) is 0 Å². The number of benzene rings is 1. The number of halogens is 3. The first-order valence-electron chi connectivity index (χ1n) is 7.47. The first-order chi connectivity index (χ1) is 10.8. The highest BCUT2D eigenvalue weighted by Crippen LogP contribution is 2.33. The van der Waals surface area contributed by atoms with Gasteiger partial charge in [0.15, 0.2) is 5.78 Å². The summed E-state index contributed by atoms with van der Waals surface area (Å²) in [4.78, 5) is 25.4. The number of carboxylic acids is 1.